The van der Waals surface area contributed by atoms with Crippen LogP contribution in [-0.4, -0.2) is 26.3 Å². The highest BCUT2D eigenvalue weighted by Crippen LogP contribution is 2.35. The molecule has 2 aromatic carbocycles. The molecular formula is C23H19NO2S2. The van der Waals surface area contributed by atoms with E-state index in [9.17, 15) is 4.79 Å². The number of rotatable bonds is 3. The predicted molar refractivity (Wildman–Crippen MR) is 120 cm³/mol. The molecule has 0 spiro atoms. The summed E-state index contributed by atoms with van der Waals surface area (Å²) in [6.07, 6.45) is 0. The fourth-order valence-electron chi connectivity index (χ4n) is 3.47. The van der Waals surface area contributed by atoms with Gasteiger partial charge in [0, 0.05) is 39.7 Å². The van der Waals surface area contributed by atoms with E-state index in [1.165, 1.54) is 20.5 Å². The molecule has 3 heterocycles. The minimum Gasteiger partial charge on any atom is -0.378 e. The third-order valence-electron chi connectivity index (χ3n) is 4.96. The molecular weight excluding hydrogens is 386 g/mol. The molecule has 2 aromatic heterocycles. The van der Waals surface area contributed by atoms with Gasteiger partial charge in [-0.2, -0.15) is 0 Å². The minimum atomic E-state index is 0.0591. The lowest BCUT2D eigenvalue weighted by molar-refractivity contribution is 0.123. The van der Waals surface area contributed by atoms with Crippen molar-refractivity contribution in [3.8, 4) is 20.9 Å². The number of ether oxygens (including phenoxy) is 1. The van der Waals surface area contributed by atoms with Gasteiger partial charge in [-0.3, -0.25) is 4.79 Å². The van der Waals surface area contributed by atoms with Crippen LogP contribution in [0.2, 0.25) is 0 Å². The molecule has 1 aliphatic heterocycles. The van der Waals surface area contributed by atoms with Crippen molar-refractivity contribution in [1.29, 1.82) is 0 Å². The Morgan fingerprint density at radius 1 is 0.786 bits per heavy atom. The predicted octanol–water partition coefficient (Wildman–Crippen LogP) is 5.49. The molecule has 5 rings (SSSR count). The summed E-state index contributed by atoms with van der Waals surface area (Å²) in [5.41, 5.74) is 2.35. The quantitative estimate of drug-likeness (QED) is 0.451. The van der Waals surface area contributed by atoms with Gasteiger partial charge in [-0.15, -0.1) is 22.7 Å². The molecule has 1 aliphatic rings. The molecule has 0 N–H and O–H groups in total. The van der Waals surface area contributed by atoms with Gasteiger partial charge in [-0.05, 0) is 28.6 Å². The normalized spacial score (nSPS) is 14.5. The van der Waals surface area contributed by atoms with Crippen molar-refractivity contribution in [3.63, 3.8) is 0 Å². The van der Waals surface area contributed by atoms with Crippen LogP contribution >= 0.6 is 22.7 Å². The standard InChI is InChI=1S/C23H19NO2S2/c25-19-14-22(28-23(15-19)24-9-11-26-12-10-24)17-7-5-16(6-8-17)21-13-18-3-1-2-4-20(18)27-21/h1-8,13-15H,9-12H2. The highest BCUT2D eigenvalue weighted by Gasteiger charge is 2.14. The molecule has 140 valence electrons. The first-order chi connectivity index (χ1) is 13.8. The van der Waals surface area contributed by atoms with Gasteiger partial charge in [0.25, 0.3) is 0 Å². The highest BCUT2D eigenvalue weighted by atomic mass is 32.1. The Balaban J connectivity index is 1.47. The second-order valence-corrected chi connectivity index (χ2v) is 8.97. The fraction of sp³-hybridized carbons (Fsp3) is 0.174. The van der Waals surface area contributed by atoms with Crippen LogP contribution in [0.15, 0.2) is 71.5 Å². The largest absolute Gasteiger partial charge is 0.378 e. The molecule has 1 fully saturated rings. The van der Waals surface area contributed by atoms with Crippen LogP contribution in [0.4, 0.5) is 5.00 Å². The van der Waals surface area contributed by atoms with Crippen molar-refractivity contribution in [2.24, 2.45) is 0 Å². The van der Waals surface area contributed by atoms with Crippen LogP contribution in [-0.2, 0) is 4.74 Å². The number of thiophene rings is 1. The third kappa shape index (κ3) is 3.49. The number of anilines is 1. The van der Waals surface area contributed by atoms with Gasteiger partial charge in [0.05, 0.1) is 18.2 Å². The Morgan fingerprint density at radius 2 is 1.46 bits per heavy atom. The van der Waals surface area contributed by atoms with Gasteiger partial charge in [0.15, 0.2) is 5.43 Å². The Kier molecular flexibility index (Phi) is 4.72. The van der Waals surface area contributed by atoms with E-state index < -0.39 is 0 Å². The van der Waals surface area contributed by atoms with Crippen LogP contribution in [0.3, 0.4) is 0 Å². The van der Waals surface area contributed by atoms with Crippen LogP contribution in [0.25, 0.3) is 31.0 Å². The first-order valence-corrected chi connectivity index (χ1v) is 11.0. The summed E-state index contributed by atoms with van der Waals surface area (Å²) in [6, 6.07) is 22.7. The molecule has 0 unspecified atom stereocenters. The van der Waals surface area contributed by atoms with Gasteiger partial charge >= 0.3 is 0 Å². The maximum absolute atomic E-state index is 12.3. The summed E-state index contributed by atoms with van der Waals surface area (Å²) < 4.78 is 6.73. The fourth-order valence-corrected chi connectivity index (χ4v) is 5.68. The molecule has 5 heteroatoms. The number of nitrogens with zero attached hydrogens (tertiary/aromatic N) is 1. The molecule has 28 heavy (non-hydrogen) atoms. The second kappa shape index (κ2) is 7.51. The topological polar surface area (TPSA) is 29.5 Å². The Hall–Kier alpha value is -2.47. The number of hydrogen-bond donors (Lipinski definition) is 0. The lowest BCUT2D eigenvalue weighted by atomic mass is 10.1. The number of morpholine rings is 1. The Morgan fingerprint density at radius 3 is 2.18 bits per heavy atom. The zero-order valence-electron chi connectivity index (χ0n) is 15.3. The van der Waals surface area contributed by atoms with Crippen molar-refractivity contribution < 1.29 is 4.74 Å². The molecule has 0 amide bonds. The highest BCUT2D eigenvalue weighted by molar-refractivity contribution is 7.22. The van der Waals surface area contributed by atoms with Crippen molar-refractivity contribution in [2.45, 2.75) is 0 Å². The van der Waals surface area contributed by atoms with E-state index in [4.69, 9.17) is 4.74 Å². The summed E-state index contributed by atoms with van der Waals surface area (Å²) in [5.74, 6) is 0. The monoisotopic (exact) mass is 405 g/mol. The second-order valence-electron chi connectivity index (χ2n) is 6.82. The Labute approximate surface area is 171 Å². The van der Waals surface area contributed by atoms with Crippen molar-refractivity contribution in [1.82, 2.24) is 0 Å². The van der Waals surface area contributed by atoms with Crippen LogP contribution in [0.5, 0.6) is 0 Å². The van der Waals surface area contributed by atoms with E-state index >= 15 is 0 Å². The van der Waals surface area contributed by atoms with Gasteiger partial charge in [-0.1, -0.05) is 42.5 Å². The SMILES string of the molecule is O=c1cc(-c2ccc(-c3cc4ccccc4s3)cc2)sc(N2CCOCC2)c1. The first-order valence-electron chi connectivity index (χ1n) is 9.33. The Bertz CT molecular complexity index is 1140. The molecule has 0 bridgehead atoms. The molecule has 0 atom stereocenters. The maximum Gasteiger partial charge on any atom is 0.182 e. The average Bonchev–Trinajstić information content (AvgIpc) is 3.18. The van der Waals surface area contributed by atoms with E-state index in [0.29, 0.717) is 0 Å². The zero-order chi connectivity index (χ0) is 18.9. The summed E-state index contributed by atoms with van der Waals surface area (Å²) in [5, 5.41) is 2.31. The molecule has 0 aliphatic carbocycles. The van der Waals surface area contributed by atoms with Crippen molar-refractivity contribution >= 4 is 37.8 Å². The zero-order valence-corrected chi connectivity index (χ0v) is 16.9. The third-order valence-corrected chi connectivity index (χ3v) is 7.28. The summed E-state index contributed by atoms with van der Waals surface area (Å²) in [7, 11) is 0. The van der Waals surface area contributed by atoms with Gasteiger partial charge in [0.1, 0.15) is 0 Å². The minimum absolute atomic E-state index is 0.0591. The van der Waals surface area contributed by atoms with E-state index in [-0.39, 0.29) is 5.43 Å². The lowest BCUT2D eigenvalue weighted by Crippen LogP contribution is -2.36. The molecule has 4 aromatic rings. The van der Waals surface area contributed by atoms with Crippen molar-refractivity contribution in [2.75, 3.05) is 31.2 Å². The summed E-state index contributed by atoms with van der Waals surface area (Å²) >= 11 is 3.48. The van der Waals surface area contributed by atoms with E-state index in [1.54, 1.807) is 23.5 Å². The van der Waals surface area contributed by atoms with Crippen LogP contribution < -0.4 is 10.3 Å². The number of fused-ring (bicyclic) bond motifs is 1. The molecule has 3 nitrogen and oxygen atoms in total. The van der Waals surface area contributed by atoms with Crippen LogP contribution in [0.1, 0.15) is 0 Å². The molecule has 1 saturated heterocycles. The van der Waals surface area contributed by atoms with E-state index in [1.807, 2.05) is 11.3 Å². The van der Waals surface area contributed by atoms with Crippen molar-refractivity contribution in [3.05, 3.63) is 77.0 Å². The van der Waals surface area contributed by atoms with E-state index in [0.717, 1.165) is 41.7 Å². The number of benzene rings is 2. The maximum atomic E-state index is 12.3. The first kappa shape index (κ1) is 17.6. The van der Waals surface area contributed by atoms with Gasteiger partial charge in [-0.25, -0.2) is 0 Å². The average molecular weight is 406 g/mol. The lowest BCUT2D eigenvalue weighted by Gasteiger charge is -2.28. The number of hydrogen-bond acceptors (Lipinski definition) is 5. The van der Waals surface area contributed by atoms with E-state index in [2.05, 4.69) is 59.5 Å². The molecule has 0 radical (unpaired) electrons. The van der Waals surface area contributed by atoms with Gasteiger partial charge < -0.3 is 9.64 Å². The van der Waals surface area contributed by atoms with Crippen LogP contribution in [0, 0.1) is 0 Å². The summed E-state index contributed by atoms with van der Waals surface area (Å²) in [4.78, 5) is 16.8. The summed E-state index contributed by atoms with van der Waals surface area (Å²) in [6.45, 7) is 3.11. The van der Waals surface area contributed by atoms with Gasteiger partial charge in [0.2, 0.25) is 0 Å². The smallest absolute Gasteiger partial charge is 0.182 e. The molecule has 0 saturated carbocycles.